The van der Waals surface area contributed by atoms with Crippen molar-refractivity contribution >= 4 is 29.3 Å². The van der Waals surface area contributed by atoms with E-state index in [1.165, 1.54) is 18.7 Å². The minimum atomic E-state index is -4.91. The first-order valence-corrected chi connectivity index (χ1v) is 9.62. The number of alkyl halides is 3. The van der Waals surface area contributed by atoms with Gasteiger partial charge in [-0.1, -0.05) is 30.3 Å². The van der Waals surface area contributed by atoms with Crippen LogP contribution in [0, 0.1) is 6.92 Å². The highest BCUT2D eigenvalue weighted by Gasteiger charge is 2.41. The molecule has 1 N–H and O–H groups in total. The molecule has 0 saturated heterocycles. The highest BCUT2D eigenvalue weighted by atomic mass is 32.2. The second kappa shape index (κ2) is 9.64. The molecule has 0 fully saturated rings. The number of anilines is 1. The van der Waals surface area contributed by atoms with Gasteiger partial charge in [0, 0.05) is 23.7 Å². The standard InChI is InChI=1S/C20H21F3N2O2S/c1-3-25(19(27)20(21,22)23)12-15-8-6-9-16(11-15)24-18(26)13-28-17-10-5-4-7-14(17)2/h4-11H,3,12-13H2,1-2H3,(H,24,26). The molecule has 2 rings (SSSR count). The van der Waals surface area contributed by atoms with Crippen LogP contribution in [0.15, 0.2) is 53.4 Å². The maximum atomic E-state index is 12.6. The van der Waals surface area contributed by atoms with Crippen molar-refractivity contribution in [1.29, 1.82) is 0 Å². The SMILES string of the molecule is CCN(Cc1cccc(NC(=O)CSc2ccccc2C)c1)C(=O)C(F)(F)F. The van der Waals surface area contributed by atoms with Gasteiger partial charge < -0.3 is 10.2 Å². The Morgan fingerprint density at radius 2 is 1.82 bits per heavy atom. The fourth-order valence-corrected chi connectivity index (χ4v) is 3.36. The second-order valence-electron chi connectivity index (χ2n) is 6.12. The average molecular weight is 410 g/mol. The fourth-order valence-electron chi connectivity index (χ4n) is 2.53. The van der Waals surface area contributed by atoms with Gasteiger partial charge in [0.05, 0.1) is 5.75 Å². The number of thioether (sulfide) groups is 1. The van der Waals surface area contributed by atoms with Crippen molar-refractivity contribution < 1.29 is 22.8 Å². The van der Waals surface area contributed by atoms with Crippen LogP contribution in [0.4, 0.5) is 18.9 Å². The molecule has 0 radical (unpaired) electrons. The number of hydrogen-bond donors (Lipinski definition) is 1. The summed E-state index contributed by atoms with van der Waals surface area (Å²) in [6.45, 7) is 3.20. The van der Waals surface area contributed by atoms with Crippen molar-refractivity contribution in [2.75, 3.05) is 17.6 Å². The predicted octanol–water partition coefficient (Wildman–Crippen LogP) is 4.64. The van der Waals surface area contributed by atoms with Crippen LogP contribution >= 0.6 is 11.8 Å². The Hall–Kier alpha value is -2.48. The lowest BCUT2D eigenvalue weighted by atomic mass is 10.2. The summed E-state index contributed by atoms with van der Waals surface area (Å²) < 4.78 is 37.9. The van der Waals surface area contributed by atoms with E-state index in [4.69, 9.17) is 0 Å². The molecular formula is C20H21F3N2O2S. The van der Waals surface area contributed by atoms with Crippen molar-refractivity contribution in [3.63, 3.8) is 0 Å². The highest BCUT2D eigenvalue weighted by Crippen LogP contribution is 2.23. The maximum absolute atomic E-state index is 12.6. The first-order chi connectivity index (χ1) is 13.2. The van der Waals surface area contributed by atoms with Gasteiger partial charge in [0.1, 0.15) is 0 Å². The predicted molar refractivity (Wildman–Crippen MR) is 104 cm³/mol. The van der Waals surface area contributed by atoms with E-state index in [2.05, 4.69) is 5.32 Å². The molecule has 0 heterocycles. The normalized spacial score (nSPS) is 11.2. The topological polar surface area (TPSA) is 49.4 Å². The molecule has 0 aromatic heterocycles. The zero-order valence-electron chi connectivity index (χ0n) is 15.5. The lowest BCUT2D eigenvalue weighted by molar-refractivity contribution is -0.185. The minimum absolute atomic E-state index is 0.0675. The van der Waals surface area contributed by atoms with Crippen LogP contribution in [0.3, 0.4) is 0 Å². The van der Waals surface area contributed by atoms with Crippen molar-refractivity contribution in [3.05, 3.63) is 59.7 Å². The van der Waals surface area contributed by atoms with E-state index in [-0.39, 0.29) is 24.7 Å². The number of aryl methyl sites for hydroxylation is 1. The Morgan fingerprint density at radius 3 is 2.46 bits per heavy atom. The molecule has 0 aliphatic carbocycles. The Morgan fingerprint density at radius 1 is 1.11 bits per heavy atom. The van der Waals surface area contributed by atoms with Gasteiger partial charge in [-0.3, -0.25) is 9.59 Å². The molecule has 28 heavy (non-hydrogen) atoms. The van der Waals surface area contributed by atoms with Gasteiger partial charge in [-0.2, -0.15) is 13.2 Å². The van der Waals surface area contributed by atoms with E-state index in [0.29, 0.717) is 11.3 Å². The monoisotopic (exact) mass is 410 g/mol. The first-order valence-electron chi connectivity index (χ1n) is 8.64. The number of rotatable bonds is 7. The van der Waals surface area contributed by atoms with Crippen LogP contribution in [0.25, 0.3) is 0 Å². The third-order valence-electron chi connectivity index (χ3n) is 3.95. The van der Waals surface area contributed by atoms with E-state index in [1.54, 1.807) is 24.3 Å². The number of hydrogen-bond acceptors (Lipinski definition) is 3. The van der Waals surface area contributed by atoms with Gasteiger partial charge in [0.2, 0.25) is 5.91 Å². The minimum Gasteiger partial charge on any atom is -0.331 e. The Kier molecular flexibility index (Phi) is 7.51. The molecule has 8 heteroatoms. The molecule has 0 bridgehead atoms. The molecule has 0 saturated carbocycles. The number of nitrogens with zero attached hydrogens (tertiary/aromatic N) is 1. The molecule has 2 aromatic carbocycles. The van der Waals surface area contributed by atoms with Crippen LogP contribution in [0.5, 0.6) is 0 Å². The summed E-state index contributed by atoms with van der Waals surface area (Å²) in [4.78, 5) is 25.3. The molecule has 0 unspecified atom stereocenters. The van der Waals surface area contributed by atoms with Crippen LogP contribution in [0.2, 0.25) is 0 Å². The molecule has 0 spiro atoms. The van der Waals surface area contributed by atoms with E-state index in [1.807, 2.05) is 31.2 Å². The molecule has 0 atom stereocenters. The lowest BCUT2D eigenvalue weighted by Crippen LogP contribution is -2.40. The highest BCUT2D eigenvalue weighted by molar-refractivity contribution is 8.00. The number of benzene rings is 2. The first kappa shape index (κ1) is 21.8. The lowest BCUT2D eigenvalue weighted by Gasteiger charge is -2.22. The third-order valence-corrected chi connectivity index (χ3v) is 5.12. The summed E-state index contributed by atoms with van der Waals surface area (Å²) in [5, 5.41) is 2.74. The Balaban J connectivity index is 1.97. The summed E-state index contributed by atoms with van der Waals surface area (Å²) in [7, 11) is 0. The summed E-state index contributed by atoms with van der Waals surface area (Å²) >= 11 is 1.41. The summed E-state index contributed by atoms with van der Waals surface area (Å²) in [6, 6.07) is 14.2. The van der Waals surface area contributed by atoms with Gasteiger partial charge in [-0.15, -0.1) is 11.8 Å². The average Bonchev–Trinajstić information content (AvgIpc) is 2.64. The molecule has 0 aliphatic heterocycles. The number of nitrogens with one attached hydrogen (secondary N) is 1. The smallest absolute Gasteiger partial charge is 0.331 e. The molecule has 0 aliphatic rings. The molecule has 2 amide bonds. The molecule has 4 nitrogen and oxygen atoms in total. The molecular weight excluding hydrogens is 389 g/mol. The maximum Gasteiger partial charge on any atom is 0.471 e. The third kappa shape index (κ3) is 6.30. The Bertz CT molecular complexity index is 840. The second-order valence-corrected chi connectivity index (χ2v) is 7.14. The van der Waals surface area contributed by atoms with Crippen LogP contribution in [0.1, 0.15) is 18.1 Å². The van der Waals surface area contributed by atoms with Gasteiger partial charge >= 0.3 is 12.1 Å². The summed E-state index contributed by atoms with van der Waals surface area (Å²) in [5.74, 6) is -1.88. The van der Waals surface area contributed by atoms with E-state index >= 15 is 0 Å². The van der Waals surface area contributed by atoms with Crippen molar-refractivity contribution in [1.82, 2.24) is 4.90 Å². The van der Waals surface area contributed by atoms with Crippen LogP contribution in [-0.2, 0) is 16.1 Å². The van der Waals surface area contributed by atoms with Gasteiger partial charge in [0.15, 0.2) is 0 Å². The fraction of sp³-hybridized carbons (Fsp3) is 0.300. The number of amides is 2. The summed E-state index contributed by atoms with van der Waals surface area (Å²) in [5.41, 5.74) is 2.06. The van der Waals surface area contributed by atoms with Gasteiger partial charge in [0.25, 0.3) is 0 Å². The van der Waals surface area contributed by atoms with Crippen LogP contribution in [-0.4, -0.2) is 35.2 Å². The van der Waals surface area contributed by atoms with E-state index in [9.17, 15) is 22.8 Å². The Labute approximate surface area is 166 Å². The largest absolute Gasteiger partial charge is 0.471 e. The number of carbonyl (C=O) groups is 2. The van der Waals surface area contributed by atoms with Crippen molar-refractivity contribution in [2.45, 2.75) is 31.5 Å². The summed E-state index contributed by atoms with van der Waals surface area (Å²) in [6.07, 6.45) is -4.91. The number of halogens is 3. The number of carbonyl (C=O) groups excluding carboxylic acids is 2. The van der Waals surface area contributed by atoms with Gasteiger partial charge in [-0.25, -0.2) is 0 Å². The van der Waals surface area contributed by atoms with E-state index in [0.717, 1.165) is 15.4 Å². The van der Waals surface area contributed by atoms with E-state index < -0.39 is 12.1 Å². The zero-order valence-corrected chi connectivity index (χ0v) is 16.4. The molecule has 150 valence electrons. The zero-order chi connectivity index (χ0) is 20.7. The van der Waals surface area contributed by atoms with Gasteiger partial charge in [-0.05, 0) is 43.2 Å². The van der Waals surface area contributed by atoms with Crippen molar-refractivity contribution in [3.8, 4) is 0 Å². The van der Waals surface area contributed by atoms with Crippen molar-refractivity contribution in [2.24, 2.45) is 0 Å². The molecule has 2 aromatic rings. The quantitative estimate of drug-likeness (QED) is 0.677. The van der Waals surface area contributed by atoms with Crippen LogP contribution < -0.4 is 5.32 Å².